The van der Waals surface area contributed by atoms with E-state index in [0.29, 0.717) is 22.6 Å². The predicted molar refractivity (Wildman–Crippen MR) is 83.4 cm³/mol. The molecule has 1 aromatic carbocycles. The lowest BCUT2D eigenvalue weighted by atomic mass is 9.94. The molecule has 1 unspecified atom stereocenters. The highest BCUT2D eigenvalue weighted by Crippen LogP contribution is 2.39. The smallest absolute Gasteiger partial charge is 0.255 e. The van der Waals surface area contributed by atoms with Crippen molar-refractivity contribution in [2.75, 3.05) is 20.8 Å². The van der Waals surface area contributed by atoms with Gasteiger partial charge in [-0.25, -0.2) is 4.39 Å². The van der Waals surface area contributed by atoms with Crippen LogP contribution >= 0.6 is 0 Å². The monoisotopic (exact) mass is 332 g/mol. The summed E-state index contributed by atoms with van der Waals surface area (Å²) in [6.45, 7) is 0.300. The Balaban J connectivity index is 1.98. The van der Waals surface area contributed by atoms with E-state index in [0.717, 1.165) is 12.3 Å². The predicted octanol–water partition coefficient (Wildman–Crippen LogP) is 1.93. The Hall–Kier alpha value is -2.67. The van der Waals surface area contributed by atoms with Gasteiger partial charge in [0.05, 0.1) is 39.1 Å². The van der Waals surface area contributed by atoms with Crippen molar-refractivity contribution in [3.05, 3.63) is 53.1 Å². The van der Waals surface area contributed by atoms with E-state index in [1.807, 2.05) is 0 Å². The van der Waals surface area contributed by atoms with Crippen molar-refractivity contribution in [3.8, 4) is 11.5 Å². The van der Waals surface area contributed by atoms with Crippen molar-refractivity contribution in [1.82, 2.24) is 9.88 Å². The van der Waals surface area contributed by atoms with E-state index < -0.39 is 17.8 Å². The third-order valence-corrected chi connectivity index (χ3v) is 4.03. The lowest BCUT2D eigenvalue weighted by molar-refractivity contribution is 0.0537. The maximum Gasteiger partial charge on any atom is 0.255 e. The second-order valence-corrected chi connectivity index (χ2v) is 5.46. The van der Waals surface area contributed by atoms with Gasteiger partial charge in [0.25, 0.3) is 5.91 Å². The molecule has 0 spiro atoms. The van der Waals surface area contributed by atoms with E-state index >= 15 is 0 Å². The van der Waals surface area contributed by atoms with Crippen molar-refractivity contribution >= 4 is 5.91 Å². The minimum absolute atomic E-state index is 0.0753. The Morgan fingerprint density at radius 1 is 1.29 bits per heavy atom. The molecule has 24 heavy (non-hydrogen) atoms. The maximum atomic E-state index is 13.3. The zero-order valence-electron chi connectivity index (χ0n) is 13.3. The molecule has 0 saturated carbocycles. The SMILES string of the molecule is COc1ccc(OC)c2c1CN(C(=O)c1cncc(F)c1)CC2O. The number of aliphatic hydroxyl groups excluding tert-OH is 1. The molecule has 3 rings (SSSR count). The van der Waals surface area contributed by atoms with Gasteiger partial charge in [-0.1, -0.05) is 0 Å². The molecule has 0 saturated heterocycles. The van der Waals surface area contributed by atoms with E-state index in [1.54, 1.807) is 12.1 Å². The standard InChI is InChI=1S/C17H17FN2O4/c1-23-14-3-4-15(24-2)16-12(14)8-20(9-13(16)21)17(22)10-5-11(18)7-19-6-10/h3-7,13,21H,8-9H2,1-2H3. The van der Waals surface area contributed by atoms with Gasteiger partial charge >= 0.3 is 0 Å². The number of rotatable bonds is 3. The molecule has 0 bridgehead atoms. The number of nitrogens with zero attached hydrogens (tertiary/aromatic N) is 2. The largest absolute Gasteiger partial charge is 0.496 e. The van der Waals surface area contributed by atoms with Crippen LogP contribution < -0.4 is 9.47 Å². The number of amides is 1. The molecule has 1 N–H and O–H groups in total. The van der Waals surface area contributed by atoms with Gasteiger partial charge in [-0.15, -0.1) is 0 Å². The number of carbonyl (C=O) groups is 1. The third-order valence-electron chi connectivity index (χ3n) is 4.03. The van der Waals surface area contributed by atoms with Crippen LogP contribution in [0, 0.1) is 5.82 Å². The van der Waals surface area contributed by atoms with Crippen LogP contribution in [0.4, 0.5) is 4.39 Å². The molecule has 0 fully saturated rings. The van der Waals surface area contributed by atoms with Crippen LogP contribution in [0.1, 0.15) is 27.6 Å². The number of ether oxygens (including phenoxy) is 2. The van der Waals surface area contributed by atoms with Crippen molar-refractivity contribution in [3.63, 3.8) is 0 Å². The molecule has 2 heterocycles. The van der Waals surface area contributed by atoms with E-state index in [2.05, 4.69) is 4.98 Å². The first-order valence-electron chi connectivity index (χ1n) is 7.36. The lowest BCUT2D eigenvalue weighted by Crippen LogP contribution is -2.38. The van der Waals surface area contributed by atoms with E-state index in [4.69, 9.17) is 9.47 Å². The van der Waals surface area contributed by atoms with Crippen molar-refractivity contribution in [2.24, 2.45) is 0 Å². The summed E-state index contributed by atoms with van der Waals surface area (Å²) in [5.74, 6) is 0.104. The number of benzene rings is 1. The summed E-state index contributed by atoms with van der Waals surface area (Å²) in [5, 5.41) is 10.5. The van der Waals surface area contributed by atoms with Crippen LogP contribution in [0.3, 0.4) is 0 Å². The van der Waals surface area contributed by atoms with Gasteiger partial charge in [0, 0.05) is 17.3 Å². The fourth-order valence-corrected chi connectivity index (χ4v) is 2.94. The fourth-order valence-electron chi connectivity index (χ4n) is 2.94. The number of pyridine rings is 1. The summed E-state index contributed by atoms with van der Waals surface area (Å²) >= 11 is 0. The van der Waals surface area contributed by atoms with E-state index in [-0.39, 0.29) is 18.7 Å². The molecule has 1 aliphatic heterocycles. The summed E-state index contributed by atoms with van der Waals surface area (Å²) in [5.41, 5.74) is 1.42. The summed E-state index contributed by atoms with van der Waals surface area (Å²) in [7, 11) is 3.04. The first-order chi connectivity index (χ1) is 11.5. The molecular formula is C17H17FN2O4. The van der Waals surface area contributed by atoms with Gasteiger partial charge in [-0.2, -0.15) is 0 Å². The molecule has 0 radical (unpaired) electrons. The average Bonchev–Trinajstić information content (AvgIpc) is 2.59. The summed E-state index contributed by atoms with van der Waals surface area (Å²) < 4.78 is 23.9. The molecule has 1 aliphatic rings. The highest BCUT2D eigenvalue weighted by atomic mass is 19.1. The molecular weight excluding hydrogens is 315 g/mol. The molecule has 6 nitrogen and oxygen atoms in total. The normalized spacial score (nSPS) is 16.5. The van der Waals surface area contributed by atoms with Crippen molar-refractivity contribution < 1.29 is 23.8 Å². The Morgan fingerprint density at radius 2 is 2.00 bits per heavy atom. The second-order valence-electron chi connectivity index (χ2n) is 5.46. The van der Waals surface area contributed by atoms with Crippen LogP contribution in [0.5, 0.6) is 11.5 Å². The summed E-state index contributed by atoms with van der Waals surface area (Å²) in [6.07, 6.45) is 1.41. The number of aromatic nitrogens is 1. The Bertz CT molecular complexity index is 781. The highest BCUT2D eigenvalue weighted by Gasteiger charge is 2.32. The Morgan fingerprint density at radius 3 is 2.67 bits per heavy atom. The maximum absolute atomic E-state index is 13.3. The topological polar surface area (TPSA) is 71.9 Å². The van der Waals surface area contributed by atoms with Crippen molar-refractivity contribution in [1.29, 1.82) is 0 Å². The van der Waals surface area contributed by atoms with Crippen LogP contribution in [-0.4, -0.2) is 41.7 Å². The van der Waals surface area contributed by atoms with Crippen LogP contribution in [0.25, 0.3) is 0 Å². The fraction of sp³-hybridized carbons (Fsp3) is 0.294. The Kier molecular flexibility index (Phi) is 4.35. The minimum atomic E-state index is -0.927. The van der Waals surface area contributed by atoms with Gasteiger partial charge in [0.15, 0.2) is 0 Å². The molecule has 2 aromatic rings. The molecule has 126 valence electrons. The minimum Gasteiger partial charge on any atom is -0.496 e. The molecule has 0 aliphatic carbocycles. The number of β-amino-alcohol motifs (C(OH)–C–C–N with tert-alkyl or cyclic N) is 1. The number of fused-ring (bicyclic) bond motifs is 1. The van der Waals surface area contributed by atoms with Gasteiger partial charge < -0.3 is 19.5 Å². The van der Waals surface area contributed by atoms with Gasteiger partial charge in [0.2, 0.25) is 0 Å². The van der Waals surface area contributed by atoms with E-state index in [1.165, 1.54) is 25.3 Å². The van der Waals surface area contributed by atoms with Gasteiger partial charge in [-0.05, 0) is 18.2 Å². The zero-order chi connectivity index (χ0) is 17.3. The number of hydrogen-bond donors (Lipinski definition) is 1. The van der Waals surface area contributed by atoms with Crippen LogP contribution in [-0.2, 0) is 6.54 Å². The summed E-state index contributed by atoms with van der Waals surface area (Å²) in [4.78, 5) is 17.7. The van der Waals surface area contributed by atoms with Gasteiger partial charge in [0.1, 0.15) is 23.4 Å². The number of halogens is 1. The second kappa shape index (κ2) is 6.45. The molecule has 1 aromatic heterocycles. The first-order valence-corrected chi connectivity index (χ1v) is 7.36. The quantitative estimate of drug-likeness (QED) is 0.930. The number of methoxy groups -OCH3 is 2. The summed E-state index contributed by atoms with van der Waals surface area (Å²) in [6, 6.07) is 4.57. The van der Waals surface area contributed by atoms with Crippen LogP contribution in [0.2, 0.25) is 0 Å². The number of aliphatic hydroxyl groups is 1. The molecule has 1 atom stereocenters. The zero-order valence-corrected chi connectivity index (χ0v) is 13.3. The van der Waals surface area contributed by atoms with Crippen LogP contribution in [0.15, 0.2) is 30.6 Å². The van der Waals surface area contributed by atoms with E-state index in [9.17, 15) is 14.3 Å². The average molecular weight is 332 g/mol. The molecule has 1 amide bonds. The third kappa shape index (κ3) is 2.78. The number of hydrogen-bond acceptors (Lipinski definition) is 5. The first kappa shape index (κ1) is 16.2. The lowest BCUT2D eigenvalue weighted by Gasteiger charge is -2.34. The van der Waals surface area contributed by atoms with Gasteiger partial charge in [-0.3, -0.25) is 9.78 Å². The Labute approximate surface area is 138 Å². The highest BCUT2D eigenvalue weighted by molar-refractivity contribution is 5.94. The van der Waals surface area contributed by atoms with Crippen molar-refractivity contribution in [2.45, 2.75) is 12.6 Å². The molecule has 7 heteroatoms. The number of carbonyl (C=O) groups excluding carboxylic acids is 1.